The molecule has 112 valence electrons. The number of benzene rings is 1. The molecule has 6 heteroatoms. The first kappa shape index (κ1) is 14.0. The molecule has 1 saturated heterocycles. The van der Waals surface area contributed by atoms with Gasteiger partial charge in [-0.2, -0.15) is 5.48 Å². The maximum atomic E-state index is 12.4. The molecule has 0 unspecified atom stereocenters. The third-order valence-corrected chi connectivity index (χ3v) is 4.06. The van der Waals surface area contributed by atoms with E-state index in [1.54, 1.807) is 6.92 Å². The van der Waals surface area contributed by atoms with Crippen LogP contribution in [-0.4, -0.2) is 24.6 Å². The Morgan fingerprint density at radius 3 is 2.76 bits per heavy atom. The maximum absolute atomic E-state index is 12.4. The summed E-state index contributed by atoms with van der Waals surface area (Å²) < 4.78 is 4.98. The average Bonchev–Trinajstić information content (AvgIpc) is 2.89. The van der Waals surface area contributed by atoms with Gasteiger partial charge in [-0.3, -0.25) is 9.63 Å². The molecule has 1 aromatic carbocycles. The molecule has 0 aliphatic carbocycles. The summed E-state index contributed by atoms with van der Waals surface area (Å²) in [6, 6.07) is 3.64. The van der Waals surface area contributed by atoms with E-state index in [4.69, 9.17) is 9.57 Å². The Hall–Kier alpha value is -1.92. The average molecular weight is 290 g/mol. The topological polar surface area (TPSA) is 76.7 Å². The van der Waals surface area contributed by atoms with Gasteiger partial charge in [-0.15, -0.1) is 0 Å². The van der Waals surface area contributed by atoms with Crippen LogP contribution < -0.4 is 10.8 Å². The van der Waals surface area contributed by atoms with Gasteiger partial charge in [0.2, 0.25) is 5.91 Å². The lowest BCUT2D eigenvalue weighted by molar-refractivity contribution is -0.160. The molecular weight excluding hydrogens is 272 g/mol. The van der Waals surface area contributed by atoms with Gasteiger partial charge >= 0.3 is 5.97 Å². The van der Waals surface area contributed by atoms with Crippen molar-refractivity contribution < 1.29 is 19.2 Å². The lowest BCUT2D eigenvalue weighted by Gasteiger charge is -2.30. The smallest absolute Gasteiger partial charge is 0.338 e. The number of esters is 1. The van der Waals surface area contributed by atoms with E-state index in [0.717, 1.165) is 22.4 Å². The molecule has 3 rings (SSSR count). The number of amides is 1. The van der Waals surface area contributed by atoms with Crippen molar-refractivity contribution in [2.75, 3.05) is 11.9 Å². The van der Waals surface area contributed by atoms with Crippen LogP contribution in [0.5, 0.6) is 0 Å². The highest BCUT2D eigenvalue weighted by atomic mass is 16.7. The van der Waals surface area contributed by atoms with Crippen molar-refractivity contribution in [1.82, 2.24) is 5.48 Å². The van der Waals surface area contributed by atoms with Crippen LogP contribution in [0.3, 0.4) is 0 Å². The summed E-state index contributed by atoms with van der Waals surface area (Å²) in [5.74, 6) is -1.34. The van der Waals surface area contributed by atoms with Gasteiger partial charge in [0.1, 0.15) is 0 Å². The van der Waals surface area contributed by atoms with Crippen molar-refractivity contribution in [2.45, 2.75) is 32.9 Å². The highest BCUT2D eigenvalue weighted by molar-refractivity contribution is 6.00. The lowest BCUT2D eigenvalue weighted by Crippen LogP contribution is -2.41. The standard InChI is InChI=1S/C15H18N2O4/c1-4-20-15(19)13-10-12(17-21-13)9-7(2)5-6-8(3)11(9)16-14(10)18/h5-6,10,12-13,17H,4H2,1-3H3,(H,16,18)/t10-,12+,13-/m1/s1. The van der Waals surface area contributed by atoms with Gasteiger partial charge in [0.15, 0.2) is 6.10 Å². The summed E-state index contributed by atoms with van der Waals surface area (Å²) in [6.45, 7) is 5.90. The van der Waals surface area contributed by atoms with Crippen LogP contribution in [0.2, 0.25) is 0 Å². The summed E-state index contributed by atoms with van der Waals surface area (Å²) in [4.78, 5) is 29.7. The number of ether oxygens (including phenoxy) is 1. The van der Waals surface area contributed by atoms with Crippen LogP contribution in [0.15, 0.2) is 12.1 Å². The number of fused-ring (bicyclic) bond motifs is 3. The summed E-state index contributed by atoms with van der Waals surface area (Å²) in [7, 11) is 0. The molecule has 3 atom stereocenters. The predicted molar refractivity (Wildman–Crippen MR) is 75.4 cm³/mol. The van der Waals surface area contributed by atoms with Crippen molar-refractivity contribution in [3.05, 3.63) is 28.8 Å². The normalized spacial score (nSPS) is 26.8. The summed E-state index contributed by atoms with van der Waals surface area (Å²) >= 11 is 0. The molecule has 0 aromatic heterocycles. The number of hydrogen-bond donors (Lipinski definition) is 2. The third kappa shape index (κ3) is 2.11. The molecule has 2 heterocycles. The molecule has 2 N–H and O–H groups in total. The van der Waals surface area contributed by atoms with Crippen LogP contribution in [0, 0.1) is 19.8 Å². The zero-order chi connectivity index (χ0) is 15.1. The fourth-order valence-electron chi connectivity index (χ4n) is 3.02. The minimum Gasteiger partial charge on any atom is -0.464 e. The predicted octanol–water partition coefficient (Wildman–Crippen LogP) is 1.38. The molecule has 1 fully saturated rings. The van der Waals surface area contributed by atoms with Gasteiger partial charge in [-0.05, 0) is 37.5 Å². The quantitative estimate of drug-likeness (QED) is 0.805. The first-order valence-corrected chi connectivity index (χ1v) is 7.03. The summed E-state index contributed by atoms with van der Waals surface area (Å²) in [5.41, 5.74) is 6.66. The Bertz CT molecular complexity index is 614. The van der Waals surface area contributed by atoms with Gasteiger partial charge in [0.25, 0.3) is 0 Å². The van der Waals surface area contributed by atoms with E-state index in [0.29, 0.717) is 0 Å². The van der Waals surface area contributed by atoms with E-state index in [9.17, 15) is 9.59 Å². The van der Waals surface area contributed by atoms with E-state index < -0.39 is 18.0 Å². The third-order valence-electron chi connectivity index (χ3n) is 4.06. The van der Waals surface area contributed by atoms with Crippen LogP contribution in [0.25, 0.3) is 0 Å². The SMILES string of the molecule is CCOC(=O)[C@@H]1ON[C@H]2c3c(C)ccc(C)c3NC(=O)[C@@H]12. The van der Waals surface area contributed by atoms with Crippen molar-refractivity contribution in [2.24, 2.45) is 5.92 Å². The number of hydrogen-bond acceptors (Lipinski definition) is 5. The summed E-state index contributed by atoms with van der Waals surface area (Å²) in [5, 5.41) is 2.90. The van der Waals surface area contributed by atoms with E-state index >= 15 is 0 Å². The highest BCUT2D eigenvalue weighted by Gasteiger charge is 2.51. The molecular formula is C15H18N2O4. The zero-order valence-electron chi connectivity index (χ0n) is 12.2. The van der Waals surface area contributed by atoms with Gasteiger partial charge in [0, 0.05) is 5.69 Å². The van der Waals surface area contributed by atoms with Crippen molar-refractivity contribution in [3.8, 4) is 0 Å². The largest absolute Gasteiger partial charge is 0.464 e. The number of aryl methyl sites for hydroxylation is 2. The van der Waals surface area contributed by atoms with Crippen LogP contribution >= 0.6 is 0 Å². The molecule has 0 radical (unpaired) electrons. The van der Waals surface area contributed by atoms with Gasteiger partial charge < -0.3 is 10.1 Å². The number of anilines is 1. The molecule has 0 bridgehead atoms. The Kier molecular flexibility index (Phi) is 3.43. The Morgan fingerprint density at radius 1 is 1.33 bits per heavy atom. The van der Waals surface area contributed by atoms with Crippen LogP contribution in [0.4, 0.5) is 5.69 Å². The van der Waals surface area contributed by atoms with Crippen molar-refractivity contribution in [3.63, 3.8) is 0 Å². The molecule has 6 nitrogen and oxygen atoms in total. The second-order valence-corrected chi connectivity index (χ2v) is 5.39. The number of carbonyl (C=O) groups excluding carboxylic acids is 2. The van der Waals surface area contributed by atoms with Crippen LogP contribution in [0.1, 0.15) is 29.7 Å². The van der Waals surface area contributed by atoms with Gasteiger partial charge in [-0.1, -0.05) is 12.1 Å². The van der Waals surface area contributed by atoms with Crippen molar-refractivity contribution >= 4 is 17.6 Å². The lowest BCUT2D eigenvalue weighted by atomic mass is 9.82. The Labute approximate surface area is 122 Å². The van der Waals surface area contributed by atoms with E-state index in [1.807, 2.05) is 26.0 Å². The molecule has 1 aromatic rings. The first-order valence-electron chi connectivity index (χ1n) is 7.03. The van der Waals surface area contributed by atoms with E-state index in [1.165, 1.54) is 0 Å². The van der Waals surface area contributed by atoms with E-state index in [2.05, 4.69) is 10.8 Å². The molecule has 1 amide bonds. The second kappa shape index (κ2) is 5.13. The van der Waals surface area contributed by atoms with Crippen LogP contribution in [-0.2, 0) is 19.2 Å². The van der Waals surface area contributed by atoms with Crippen molar-refractivity contribution in [1.29, 1.82) is 0 Å². The minimum atomic E-state index is -0.914. The summed E-state index contributed by atoms with van der Waals surface area (Å²) in [6.07, 6.45) is -0.914. The molecule has 0 spiro atoms. The number of carbonyl (C=O) groups is 2. The number of rotatable bonds is 2. The first-order chi connectivity index (χ1) is 10.0. The number of hydroxylamine groups is 1. The molecule has 2 aliphatic heterocycles. The fourth-order valence-corrected chi connectivity index (χ4v) is 3.02. The minimum absolute atomic E-state index is 0.218. The fraction of sp³-hybridized carbons (Fsp3) is 0.467. The molecule has 21 heavy (non-hydrogen) atoms. The highest BCUT2D eigenvalue weighted by Crippen LogP contribution is 2.43. The van der Waals surface area contributed by atoms with Gasteiger partial charge in [0.05, 0.1) is 18.6 Å². The maximum Gasteiger partial charge on any atom is 0.338 e. The Morgan fingerprint density at radius 2 is 2.05 bits per heavy atom. The number of nitrogens with one attached hydrogen (secondary N) is 2. The van der Waals surface area contributed by atoms with E-state index in [-0.39, 0.29) is 18.6 Å². The zero-order valence-corrected chi connectivity index (χ0v) is 12.2. The monoisotopic (exact) mass is 290 g/mol. The second-order valence-electron chi connectivity index (χ2n) is 5.39. The van der Waals surface area contributed by atoms with Gasteiger partial charge in [-0.25, -0.2) is 4.79 Å². The molecule has 0 saturated carbocycles. The molecule has 2 aliphatic rings. The Balaban J connectivity index is 2.01.